The largest absolute Gasteiger partial charge is 0.508 e. The van der Waals surface area contributed by atoms with E-state index in [9.17, 15) is 29.1 Å². The molecule has 0 heterocycles. The fourth-order valence-electron chi connectivity index (χ4n) is 2.63. The Morgan fingerprint density at radius 1 is 0.970 bits per heavy atom. The lowest BCUT2D eigenvalue weighted by atomic mass is 10.0. The van der Waals surface area contributed by atoms with Crippen LogP contribution in [0.2, 0.25) is 0 Å². The summed E-state index contributed by atoms with van der Waals surface area (Å²) in [6.07, 6.45) is -0.149. The van der Waals surface area contributed by atoms with Crippen LogP contribution in [-0.2, 0) is 30.4 Å². The predicted molar refractivity (Wildman–Crippen MR) is 121 cm³/mol. The van der Waals surface area contributed by atoms with Gasteiger partial charge in [-0.2, -0.15) is 12.6 Å². The van der Waals surface area contributed by atoms with E-state index < -0.39 is 53.8 Å². The van der Waals surface area contributed by atoms with E-state index in [2.05, 4.69) is 28.6 Å². The smallest absolute Gasteiger partial charge is 0.325 e. The monoisotopic (exact) mass is 483 g/mol. The number of primary amides is 1. The molecule has 1 rings (SSSR count). The van der Waals surface area contributed by atoms with Crippen molar-refractivity contribution in [1.82, 2.24) is 16.0 Å². The Morgan fingerprint density at radius 3 is 2.03 bits per heavy atom. The Kier molecular flexibility index (Phi) is 11.2. The lowest BCUT2D eigenvalue weighted by Gasteiger charge is -2.24. The van der Waals surface area contributed by atoms with Crippen LogP contribution in [0.1, 0.15) is 25.3 Å². The number of carboxylic acid groups (broad SMARTS) is 1. The maximum Gasteiger partial charge on any atom is 0.325 e. The number of carboxylic acids is 1. The van der Waals surface area contributed by atoms with E-state index in [-0.39, 0.29) is 30.8 Å². The molecule has 4 unspecified atom stereocenters. The molecule has 0 aliphatic heterocycles. The standard InChI is InChI=1S/C20H29N5O7S/c1-10(20(31)32)23-19(30)15(9-33)25-18(29)14(8-11-2-4-12(26)5-3-11)24-17(28)13(21)6-7-16(22)27/h2-5,10,13-15,26,33H,6-9,21H2,1H3,(H2,22,27)(H,23,30)(H,24,28)(H,25,29)(H,31,32). The van der Waals surface area contributed by atoms with Crippen LogP contribution in [0.5, 0.6) is 5.75 Å². The van der Waals surface area contributed by atoms with Crippen LogP contribution >= 0.6 is 12.6 Å². The zero-order valence-corrected chi connectivity index (χ0v) is 18.9. The molecule has 0 aliphatic carbocycles. The lowest BCUT2D eigenvalue weighted by Crippen LogP contribution is -2.58. The van der Waals surface area contributed by atoms with Crippen LogP contribution in [0.15, 0.2) is 24.3 Å². The van der Waals surface area contributed by atoms with Gasteiger partial charge in [-0.1, -0.05) is 12.1 Å². The zero-order chi connectivity index (χ0) is 25.1. The van der Waals surface area contributed by atoms with Crippen LogP contribution < -0.4 is 27.4 Å². The predicted octanol–water partition coefficient (Wildman–Crippen LogP) is -1.98. The highest BCUT2D eigenvalue weighted by Gasteiger charge is 2.29. The number of amides is 4. The summed E-state index contributed by atoms with van der Waals surface area (Å²) in [5.41, 5.74) is 11.4. The first-order valence-electron chi connectivity index (χ1n) is 10.0. The van der Waals surface area contributed by atoms with E-state index in [0.29, 0.717) is 5.56 Å². The highest BCUT2D eigenvalue weighted by atomic mass is 32.1. The zero-order valence-electron chi connectivity index (χ0n) is 18.0. The summed E-state index contributed by atoms with van der Waals surface area (Å²) in [6.45, 7) is 1.26. The Hall–Kier alpha value is -3.32. The van der Waals surface area contributed by atoms with Gasteiger partial charge < -0.3 is 37.6 Å². The Morgan fingerprint density at radius 2 is 1.52 bits per heavy atom. The van der Waals surface area contributed by atoms with E-state index in [4.69, 9.17) is 16.6 Å². The SMILES string of the molecule is CC(NC(=O)C(CS)NC(=O)C(Cc1ccc(O)cc1)NC(=O)C(N)CCC(N)=O)C(=O)O. The van der Waals surface area contributed by atoms with Gasteiger partial charge in [0, 0.05) is 18.6 Å². The van der Waals surface area contributed by atoms with Gasteiger partial charge in [0.1, 0.15) is 23.9 Å². The van der Waals surface area contributed by atoms with Gasteiger partial charge in [-0.15, -0.1) is 0 Å². The maximum absolute atomic E-state index is 12.9. The first-order valence-corrected chi connectivity index (χ1v) is 10.6. The molecule has 0 aromatic heterocycles. The summed E-state index contributed by atoms with van der Waals surface area (Å²) in [6, 6.07) is 1.27. The van der Waals surface area contributed by atoms with Gasteiger partial charge in [-0.05, 0) is 31.0 Å². The van der Waals surface area contributed by atoms with Gasteiger partial charge in [-0.25, -0.2) is 0 Å². The number of thiol groups is 1. The Labute approximate surface area is 195 Å². The van der Waals surface area contributed by atoms with Crippen molar-refractivity contribution in [1.29, 1.82) is 0 Å². The van der Waals surface area contributed by atoms with Gasteiger partial charge >= 0.3 is 5.97 Å². The number of carbonyl (C=O) groups excluding carboxylic acids is 4. The number of hydrogen-bond donors (Lipinski definition) is 8. The molecule has 182 valence electrons. The van der Waals surface area contributed by atoms with Crippen LogP contribution in [0, 0.1) is 0 Å². The van der Waals surface area contributed by atoms with Crippen molar-refractivity contribution in [3.63, 3.8) is 0 Å². The molecular formula is C20H29N5O7S. The Bertz CT molecular complexity index is 865. The fraction of sp³-hybridized carbons (Fsp3) is 0.450. The molecule has 1 aromatic rings. The normalized spacial score (nSPS) is 14.3. The van der Waals surface area contributed by atoms with E-state index >= 15 is 0 Å². The second-order valence-electron chi connectivity index (χ2n) is 7.36. The maximum atomic E-state index is 12.9. The number of aromatic hydroxyl groups is 1. The summed E-state index contributed by atoms with van der Waals surface area (Å²) in [5.74, 6) is -4.22. The third kappa shape index (κ3) is 9.78. The summed E-state index contributed by atoms with van der Waals surface area (Å²) < 4.78 is 0. The summed E-state index contributed by atoms with van der Waals surface area (Å²) in [4.78, 5) is 59.6. The first-order chi connectivity index (χ1) is 15.4. The lowest BCUT2D eigenvalue weighted by molar-refractivity contribution is -0.141. The van der Waals surface area contributed by atoms with Crippen molar-refractivity contribution in [2.75, 3.05) is 5.75 Å². The van der Waals surface area contributed by atoms with E-state index in [1.807, 2.05) is 0 Å². The number of nitrogens with one attached hydrogen (secondary N) is 3. The minimum absolute atomic E-state index is 0.00711. The van der Waals surface area contributed by atoms with Gasteiger partial charge in [0.05, 0.1) is 6.04 Å². The number of nitrogens with two attached hydrogens (primary N) is 2. The quantitative estimate of drug-likeness (QED) is 0.147. The minimum Gasteiger partial charge on any atom is -0.508 e. The summed E-state index contributed by atoms with van der Waals surface area (Å²) in [7, 11) is 0. The topological polar surface area (TPSA) is 214 Å². The van der Waals surface area contributed by atoms with Crippen molar-refractivity contribution in [2.24, 2.45) is 11.5 Å². The van der Waals surface area contributed by atoms with Crippen molar-refractivity contribution in [3.8, 4) is 5.75 Å². The van der Waals surface area contributed by atoms with Gasteiger partial charge in [-0.3, -0.25) is 24.0 Å². The highest BCUT2D eigenvalue weighted by Crippen LogP contribution is 2.12. The fourth-order valence-corrected chi connectivity index (χ4v) is 2.88. The Balaban J connectivity index is 2.97. The van der Waals surface area contributed by atoms with Crippen LogP contribution in [-0.4, -0.2) is 69.7 Å². The molecule has 33 heavy (non-hydrogen) atoms. The van der Waals surface area contributed by atoms with E-state index in [1.165, 1.54) is 19.1 Å². The number of phenols is 1. The van der Waals surface area contributed by atoms with Crippen LogP contribution in [0.4, 0.5) is 0 Å². The molecule has 0 bridgehead atoms. The second kappa shape index (κ2) is 13.3. The number of rotatable bonds is 13. The summed E-state index contributed by atoms with van der Waals surface area (Å²) >= 11 is 4.03. The third-order valence-corrected chi connectivity index (χ3v) is 4.96. The second-order valence-corrected chi connectivity index (χ2v) is 7.72. The van der Waals surface area contributed by atoms with E-state index in [0.717, 1.165) is 0 Å². The molecular weight excluding hydrogens is 454 g/mol. The molecule has 0 fully saturated rings. The number of hydrogen-bond acceptors (Lipinski definition) is 8. The highest BCUT2D eigenvalue weighted by molar-refractivity contribution is 7.80. The number of carbonyl (C=O) groups is 5. The molecule has 0 saturated carbocycles. The van der Waals surface area contributed by atoms with E-state index in [1.54, 1.807) is 12.1 Å². The minimum atomic E-state index is -1.25. The van der Waals surface area contributed by atoms with Crippen LogP contribution in [0.3, 0.4) is 0 Å². The average Bonchev–Trinajstić information content (AvgIpc) is 2.76. The van der Waals surface area contributed by atoms with Crippen molar-refractivity contribution >= 4 is 42.2 Å². The molecule has 0 aliphatic rings. The third-order valence-electron chi connectivity index (χ3n) is 4.59. The molecule has 4 atom stereocenters. The summed E-state index contributed by atoms with van der Waals surface area (Å²) in [5, 5.41) is 25.6. The van der Waals surface area contributed by atoms with Gasteiger partial charge in [0.15, 0.2) is 0 Å². The van der Waals surface area contributed by atoms with Gasteiger partial charge in [0.25, 0.3) is 0 Å². The average molecular weight is 484 g/mol. The van der Waals surface area contributed by atoms with Crippen LogP contribution in [0.25, 0.3) is 0 Å². The molecule has 9 N–H and O–H groups in total. The number of aliphatic carboxylic acids is 1. The van der Waals surface area contributed by atoms with Gasteiger partial charge in [0.2, 0.25) is 23.6 Å². The molecule has 1 aromatic carbocycles. The van der Waals surface area contributed by atoms with Crippen molar-refractivity contribution < 1.29 is 34.2 Å². The molecule has 0 radical (unpaired) electrons. The molecule has 12 nitrogen and oxygen atoms in total. The molecule has 4 amide bonds. The molecule has 13 heteroatoms. The van der Waals surface area contributed by atoms with Crippen molar-refractivity contribution in [3.05, 3.63) is 29.8 Å². The van der Waals surface area contributed by atoms with Crippen molar-refractivity contribution in [2.45, 2.75) is 50.4 Å². The number of phenolic OH excluding ortho intramolecular Hbond substituents is 1. The molecule has 0 saturated heterocycles. The molecule has 0 spiro atoms. The first kappa shape index (κ1) is 27.7. The number of benzene rings is 1.